The van der Waals surface area contributed by atoms with Gasteiger partial charge in [-0.2, -0.15) is 0 Å². The van der Waals surface area contributed by atoms with Crippen LogP contribution in [0.15, 0.2) is 70.0 Å². The number of rotatable bonds is 5. The fourth-order valence-corrected chi connectivity index (χ4v) is 2.45. The molecule has 0 unspecified atom stereocenters. The summed E-state index contributed by atoms with van der Waals surface area (Å²) >= 11 is 3.42. The predicted molar refractivity (Wildman–Crippen MR) is 91.5 cm³/mol. The summed E-state index contributed by atoms with van der Waals surface area (Å²) < 4.78 is 6.16. The molecule has 0 saturated heterocycles. The van der Waals surface area contributed by atoms with Crippen LogP contribution < -0.4 is 10.6 Å². The van der Waals surface area contributed by atoms with Crippen molar-refractivity contribution in [1.82, 2.24) is 10.3 Å². The van der Waals surface area contributed by atoms with Gasteiger partial charge in [0.15, 0.2) is 0 Å². The molecule has 0 atom stereocenters. The number of halogens is 1. The molecule has 3 aromatic rings. The Labute approximate surface area is 141 Å². The van der Waals surface area contributed by atoms with Gasteiger partial charge in [-0.1, -0.05) is 22.0 Å². The fraction of sp³-hybridized carbons (Fsp3) is 0.0588. The molecule has 0 spiro atoms. The van der Waals surface area contributed by atoms with E-state index < -0.39 is 0 Å². The number of carbonyl (C=O) groups excluding carboxylic acids is 1. The Bertz CT molecular complexity index is 803. The van der Waals surface area contributed by atoms with Crippen molar-refractivity contribution in [2.24, 2.45) is 0 Å². The first-order valence-corrected chi connectivity index (χ1v) is 7.78. The Balaban J connectivity index is 1.68. The van der Waals surface area contributed by atoms with Gasteiger partial charge in [0.05, 0.1) is 30.3 Å². The van der Waals surface area contributed by atoms with Crippen molar-refractivity contribution < 1.29 is 9.21 Å². The van der Waals surface area contributed by atoms with Crippen molar-refractivity contribution in [2.45, 2.75) is 6.54 Å². The lowest BCUT2D eigenvalue weighted by Crippen LogP contribution is -2.22. The highest BCUT2D eigenvalue weighted by Gasteiger charge is 2.08. The van der Waals surface area contributed by atoms with Crippen LogP contribution in [0.3, 0.4) is 0 Å². The van der Waals surface area contributed by atoms with Crippen molar-refractivity contribution in [2.75, 3.05) is 5.32 Å². The molecular formula is C17H14BrN3O2. The summed E-state index contributed by atoms with van der Waals surface area (Å²) in [6, 6.07) is 13.1. The number of nitrogens with zero attached hydrogens (tertiary/aromatic N) is 1. The number of anilines is 2. The Morgan fingerprint density at radius 1 is 1.13 bits per heavy atom. The first-order chi connectivity index (χ1) is 11.2. The molecule has 2 aromatic heterocycles. The number of aromatic nitrogens is 1. The molecule has 0 aliphatic heterocycles. The fourth-order valence-electron chi connectivity index (χ4n) is 2.05. The monoisotopic (exact) mass is 371 g/mol. The second kappa shape index (κ2) is 7.11. The lowest BCUT2D eigenvalue weighted by Gasteiger charge is -2.08. The van der Waals surface area contributed by atoms with Crippen molar-refractivity contribution in [3.8, 4) is 0 Å². The molecule has 0 fully saturated rings. The van der Waals surface area contributed by atoms with Crippen LogP contribution in [-0.4, -0.2) is 10.9 Å². The zero-order chi connectivity index (χ0) is 16.1. The molecule has 0 radical (unpaired) electrons. The molecule has 1 amide bonds. The summed E-state index contributed by atoms with van der Waals surface area (Å²) in [5, 5.41) is 6.01. The highest BCUT2D eigenvalue weighted by Crippen LogP contribution is 2.20. The van der Waals surface area contributed by atoms with Gasteiger partial charge in [-0.3, -0.25) is 9.78 Å². The van der Waals surface area contributed by atoms with Crippen LogP contribution in [0.5, 0.6) is 0 Å². The molecule has 6 heteroatoms. The maximum Gasteiger partial charge on any atom is 0.253 e. The Kier molecular flexibility index (Phi) is 4.73. The summed E-state index contributed by atoms with van der Waals surface area (Å²) in [7, 11) is 0. The Morgan fingerprint density at radius 3 is 2.83 bits per heavy atom. The Morgan fingerprint density at radius 2 is 2.04 bits per heavy atom. The van der Waals surface area contributed by atoms with E-state index in [4.69, 9.17) is 4.42 Å². The van der Waals surface area contributed by atoms with Gasteiger partial charge in [0.25, 0.3) is 5.91 Å². The summed E-state index contributed by atoms with van der Waals surface area (Å²) in [4.78, 5) is 16.3. The van der Waals surface area contributed by atoms with Crippen molar-refractivity contribution in [3.05, 3.63) is 76.9 Å². The zero-order valence-corrected chi connectivity index (χ0v) is 13.7. The van der Waals surface area contributed by atoms with Gasteiger partial charge in [0.2, 0.25) is 0 Å². The third-order valence-electron chi connectivity index (χ3n) is 3.12. The van der Waals surface area contributed by atoms with E-state index in [0.717, 1.165) is 15.8 Å². The van der Waals surface area contributed by atoms with Gasteiger partial charge in [0.1, 0.15) is 5.76 Å². The van der Waals surface area contributed by atoms with Gasteiger partial charge in [-0.25, -0.2) is 0 Å². The number of pyridine rings is 1. The molecule has 2 heterocycles. The van der Waals surface area contributed by atoms with E-state index in [1.165, 1.54) is 6.20 Å². The number of hydrogen-bond acceptors (Lipinski definition) is 4. The largest absolute Gasteiger partial charge is 0.467 e. The SMILES string of the molecule is O=C(NCc1ccco1)c1cncc(Nc2cccc(Br)c2)c1. The highest BCUT2D eigenvalue weighted by atomic mass is 79.9. The average Bonchev–Trinajstić information content (AvgIpc) is 3.06. The van der Waals surface area contributed by atoms with Crippen LogP contribution in [0, 0.1) is 0 Å². The van der Waals surface area contributed by atoms with Crippen LogP contribution in [-0.2, 0) is 6.54 Å². The topological polar surface area (TPSA) is 67.2 Å². The zero-order valence-electron chi connectivity index (χ0n) is 12.1. The summed E-state index contributed by atoms with van der Waals surface area (Å²) in [5.74, 6) is 0.501. The molecule has 23 heavy (non-hydrogen) atoms. The van der Waals surface area contributed by atoms with Gasteiger partial charge >= 0.3 is 0 Å². The standard InChI is InChI=1S/C17H14BrN3O2/c18-13-3-1-4-14(8-13)21-15-7-12(9-19-10-15)17(22)20-11-16-5-2-6-23-16/h1-10,21H,11H2,(H,20,22). The molecule has 0 bridgehead atoms. The molecule has 1 aromatic carbocycles. The molecule has 3 rings (SSSR count). The second-order valence-corrected chi connectivity index (χ2v) is 5.78. The smallest absolute Gasteiger partial charge is 0.253 e. The minimum absolute atomic E-state index is 0.202. The van der Waals surface area contributed by atoms with E-state index >= 15 is 0 Å². The second-order valence-electron chi connectivity index (χ2n) is 4.86. The van der Waals surface area contributed by atoms with Crippen LogP contribution in [0.2, 0.25) is 0 Å². The maximum atomic E-state index is 12.2. The van der Waals surface area contributed by atoms with E-state index in [9.17, 15) is 4.79 Å². The van der Waals surface area contributed by atoms with Crippen LogP contribution in [0.1, 0.15) is 16.1 Å². The third kappa shape index (κ3) is 4.20. The van der Waals surface area contributed by atoms with Gasteiger partial charge in [-0.05, 0) is 36.4 Å². The predicted octanol–water partition coefficient (Wildman–Crippen LogP) is 4.11. The number of hydrogen-bond donors (Lipinski definition) is 2. The van der Waals surface area contributed by atoms with Crippen LogP contribution in [0.4, 0.5) is 11.4 Å². The highest BCUT2D eigenvalue weighted by molar-refractivity contribution is 9.10. The minimum atomic E-state index is -0.202. The van der Waals surface area contributed by atoms with E-state index in [1.54, 1.807) is 24.6 Å². The lowest BCUT2D eigenvalue weighted by molar-refractivity contribution is 0.0947. The van der Waals surface area contributed by atoms with E-state index in [-0.39, 0.29) is 5.91 Å². The number of amides is 1. The molecule has 116 valence electrons. The first-order valence-electron chi connectivity index (χ1n) is 6.99. The summed E-state index contributed by atoms with van der Waals surface area (Å²) in [6.07, 6.45) is 4.78. The van der Waals surface area contributed by atoms with Crippen LogP contribution >= 0.6 is 15.9 Å². The molecule has 0 aliphatic rings. The summed E-state index contributed by atoms with van der Waals surface area (Å²) in [5.41, 5.74) is 2.14. The molecule has 5 nitrogen and oxygen atoms in total. The number of nitrogens with one attached hydrogen (secondary N) is 2. The minimum Gasteiger partial charge on any atom is -0.467 e. The molecule has 0 aliphatic carbocycles. The molecular weight excluding hydrogens is 358 g/mol. The van der Waals surface area contributed by atoms with Gasteiger partial charge < -0.3 is 15.1 Å². The van der Waals surface area contributed by atoms with Crippen molar-refractivity contribution in [3.63, 3.8) is 0 Å². The van der Waals surface area contributed by atoms with E-state index in [1.807, 2.05) is 30.3 Å². The lowest BCUT2D eigenvalue weighted by atomic mass is 10.2. The van der Waals surface area contributed by atoms with Crippen LogP contribution in [0.25, 0.3) is 0 Å². The first kappa shape index (κ1) is 15.3. The number of carbonyl (C=O) groups is 1. The average molecular weight is 372 g/mol. The number of benzene rings is 1. The number of furan rings is 1. The van der Waals surface area contributed by atoms with E-state index in [0.29, 0.717) is 17.9 Å². The van der Waals surface area contributed by atoms with E-state index in [2.05, 4.69) is 31.5 Å². The maximum absolute atomic E-state index is 12.2. The van der Waals surface area contributed by atoms with Gasteiger partial charge in [0, 0.05) is 16.4 Å². The normalized spacial score (nSPS) is 10.3. The quantitative estimate of drug-likeness (QED) is 0.707. The Hall–Kier alpha value is -2.60. The van der Waals surface area contributed by atoms with Gasteiger partial charge in [-0.15, -0.1) is 0 Å². The molecule has 0 saturated carbocycles. The van der Waals surface area contributed by atoms with Crippen molar-refractivity contribution >= 4 is 33.2 Å². The summed E-state index contributed by atoms with van der Waals surface area (Å²) in [6.45, 7) is 0.342. The van der Waals surface area contributed by atoms with Crippen molar-refractivity contribution in [1.29, 1.82) is 0 Å². The molecule has 2 N–H and O–H groups in total. The third-order valence-corrected chi connectivity index (χ3v) is 3.61.